The van der Waals surface area contributed by atoms with Crippen LogP contribution in [0.2, 0.25) is 0 Å². The maximum Gasteiger partial charge on any atom is 0.255 e. The van der Waals surface area contributed by atoms with Gasteiger partial charge in [-0.15, -0.1) is 0 Å². The van der Waals surface area contributed by atoms with Crippen molar-refractivity contribution in [3.8, 4) is 5.75 Å². The standard InChI is InChI=1S/C24H26F2N6O3/c1-13-21-19(31(3)22(14(2)34-4)24(33)30-21)8-20(29-13)27-9-15-10-28-32(11-15)12-16-6-17(25)7-18(26)23(16)35-5/h6-8,10-11,22H,2,9,12H2,1,3-5H3,(H,27,29)(H,30,33)/t22-/m0/s1. The lowest BCUT2D eigenvalue weighted by Crippen LogP contribution is -2.47. The van der Waals surface area contributed by atoms with E-state index in [9.17, 15) is 13.6 Å². The molecule has 35 heavy (non-hydrogen) atoms. The number of likely N-dealkylation sites (N-methyl/N-ethyl adjacent to an activating group) is 1. The number of hydrogen-bond donors (Lipinski definition) is 2. The zero-order valence-corrected chi connectivity index (χ0v) is 19.9. The van der Waals surface area contributed by atoms with Crippen LogP contribution in [0, 0.1) is 18.6 Å². The van der Waals surface area contributed by atoms with Gasteiger partial charge in [0, 0.05) is 43.0 Å². The average molecular weight is 485 g/mol. The molecule has 0 spiro atoms. The SMILES string of the molecule is C=C(OC)[C@H]1C(=O)Nc2c(cc(NCc3cnn(Cc4cc(F)cc(F)c4OC)c3)nc2C)N1C. The van der Waals surface area contributed by atoms with Gasteiger partial charge in [0.2, 0.25) is 0 Å². The Kier molecular flexibility index (Phi) is 6.59. The van der Waals surface area contributed by atoms with Crippen molar-refractivity contribution in [2.75, 3.05) is 36.8 Å². The van der Waals surface area contributed by atoms with Crippen LogP contribution in [-0.4, -0.2) is 48.0 Å². The van der Waals surface area contributed by atoms with Gasteiger partial charge in [-0.2, -0.15) is 5.10 Å². The minimum absolute atomic E-state index is 0.0130. The molecule has 1 aliphatic heterocycles. The summed E-state index contributed by atoms with van der Waals surface area (Å²) in [6.07, 6.45) is 3.43. The van der Waals surface area contributed by atoms with E-state index < -0.39 is 17.7 Å². The van der Waals surface area contributed by atoms with Crippen LogP contribution in [0.25, 0.3) is 0 Å². The lowest BCUT2D eigenvalue weighted by molar-refractivity contribution is -0.117. The molecule has 4 rings (SSSR count). The first-order valence-electron chi connectivity index (χ1n) is 10.8. The van der Waals surface area contributed by atoms with Crippen LogP contribution in [0.15, 0.2) is 42.9 Å². The number of carbonyl (C=O) groups excluding carboxylic acids is 1. The van der Waals surface area contributed by atoms with E-state index in [1.165, 1.54) is 20.3 Å². The molecule has 0 unspecified atom stereocenters. The predicted molar refractivity (Wildman–Crippen MR) is 128 cm³/mol. The summed E-state index contributed by atoms with van der Waals surface area (Å²) in [5.41, 5.74) is 3.25. The van der Waals surface area contributed by atoms with Crippen molar-refractivity contribution in [3.63, 3.8) is 0 Å². The largest absolute Gasteiger partial charge is 0.499 e. The highest BCUT2D eigenvalue weighted by atomic mass is 19.1. The summed E-state index contributed by atoms with van der Waals surface area (Å²) >= 11 is 0. The van der Waals surface area contributed by atoms with E-state index in [1.54, 1.807) is 29.0 Å². The van der Waals surface area contributed by atoms with Crippen LogP contribution in [0.3, 0.4) is 0 Å². The van der Waals surface area contributed by atoms with Gasteiger partial charge < -0.3 is 25.0 Å². The summed E-state index contributed by atoms with van der Waals surface area (Å²) in [5, 5.41) is 10.4. The maximum atomic E-state index is 14.0. The van der Waals surface area contributed by atoms with Crippen LogP contribution in [-0.2, 0) is 22.6 Å². The van der Waals surface area contributed by atoms with Crippen molar-refractivity contribution in [1.82, 2.24) is 14.8 Å². The molecule has 0 fully saturated rings. The molecule has 2 aromatic heterocycles. The smallest absolute Gasteiger partial charge is 0.255 e. The molecule has 1 aliphatic rings. The molecule has 0 saturated heterocycles. The van der Waals surface area contributed by atoms with E-state index in [1.807, 2.05) is 13.0 Å². The number of fused-ring (bicyclic) bond motifs is 1. The van der Waals surface area contributed by atoms with E-state index in [0.717, 1.165) is 17.3 Å². The lowest BCUT2D eigenvalue weighted by atomic mass is 10.1. The van der Waals surface area contributed by atoms with Gasteiger partial charge in [0.1, 0.15) is 17.4 Å². The molecule has 11 heteroatoms. The van der Waals surface area contributed by atoms with Crippen LogP contribution >= 0.6 is 0 Å². The van der Waals surface area contributed by atoms with Gasteiger partial charge in [0.05, 0.1) is 44.0 Å². The molecular weight excluding hydrogens is 458 g/mol. The minimum atomic E-state index is -0.761. The number of halogens is 2. The zero-order chi connectivity index (χ0) is 25.3. The summed E-state index contributed by atoms with van der Waals surface area (Å²) in [7, 11) is 4.61. The van der Waals surface area contributed by atoms with Crippen LogP contribution in [0.1, 0.15) is 16.8 Å². The molecule has 1 aromatic carbocycles. The summed E-state index contributed by atoms with van der Waals surface area (Å²) in [6, 6.07) is 3.18. The topological polar surface area (TPSA) is 93.5 Å². The number of anilines is 3. The Bertz CT molecular complexity index is 1290. The first kappa shape index (κ1) is 24.0. The Labute approximate surface area is 201 Å². The number of pyridine rings is 1. The normalized spacial score (nSPS) is 14.9. The summed E-state index contributed by atoms with van der Waals surface area (Å²) in [5.74, 6) is -0.753. The number of aryl methyl sites for hydroxylation is 1. The highest BCUT2D eigenvalue weighted by molar-refractivity contribution is 6.05. The summed E-state index contributed by atoms with van der Waals surface area (Å²) in [4.78, 5) is 18.9. The van der Waals surface area contributed by atoms with Crippen molar-refractivity contribution >= 4 is 23.1 Å². The molecule has 184 valence electrons. The monoisotopic (exact) mass is 484 g/mol. The molecule has 3 heterocycles. The van der Waals surface area contributed by atoms with Gasteiger partial charge in [-0.25, -0.2) is 13.8 Å². The van der Waals surface area contributed by atoms with Crippen molar-refractivity contribution in [2.24, 2.45) is 0 Å². The molecule has 0 bridgehead atoms. The third kappa shape index (κ3) is 4.75. The molecular formula is C24H26F2N6O3. The van der Waals surface area contributed by atoms with Gasteiger partial charge in [-0.05, 0) is 13.0 Å². The minimum Gasteiger partial charge on any atom is -0.499 e. The van der Waals surface area contributed by atoms with Crippen LogP contribution < -0.4 is 20.3 Å². The van der Waals surface area contributed by atoms with Crippen LogP contribution in [0.4, 0.5) is 26.0 Å². The summed E-state index contributed by atoms with van der Waals surface area (Å²) < 4.78 is 39.5. The molecule has 2 N–H and O–H groups in total. The number of aromatic nitrogens is 3. The number of ether oxygens (including phenoxy) is 2. The molecule has 0 aliphatic carbocycles. The van der Waals surface area contributed by atoms with Crippen molar-refractivity contribution in [1.29, 1.82) is 0 Å². The Morgan fingerprint density at radius 2 is 2.06 bits per heavy atom. The lowest BCUT2D eigenvalue weighted by Gasteiger charge is -2.36. The van der Waals surface area contributed by atoms with E-state index in [0.29, 0.717) is 35.1 Å². The Morgan fingerprint density at radius 3 is 2.77 bits per heavy atom. The molecule has 0 radical (unpaired) electrons. The predicted octanol–water partition coefficient (Wildman–Crippen LogP) is 3.45. The number of carbonyl (C=O) groups is 1. The highest BCUT2D eigenvalue weighted by Crippen LogP contribution is 2.36. The second-order valence-electron chi connectivity index (χ2n) is 8.14. The number of amides is 1. The fourth-order valence-electron chi connectivity index (χ4n) is 4.07. The number of nitrogens with zero attached hydrogens (tertiary/aromatic N) is 4. The van der Waals surface area contributed by atoms with Crippen LogP contribution in [0.5, 0.6) is 5.75 Å². The Hall–Kier alpha value is -4.15. The maximum absolute atomic E-state index is 14.0. The van der Waals surface area contributed by atoms with Gasteiger partial charge in [-0.3, -0.25) is 9.48 Å². The highest BCUT2D eigenvalue weighted by Gasteiger charge is 2.35. The molecule has 3 aromatic rings. The van der Waals surface area contributed by atoms with E-state index in [4.69, 9.17) is 9.47 Å². The zero-order valence-electron chi connectivity index (χ0n) is 19.9. The molecule has 0 saturated carbocycles. The number of nitrogens with one attached hydrogen (secondary N) is 2. The second-order valence-corrected chi connectivity index (χ2v) is 8.14. The number of benzene rings is 1. The number of rotatable bonds is 8. The van der Waals surface area contributed by atoms with E-state index >= 15 is 0 Å². The number of methoxy groups -OCH3 is 2. The molecule has 9 nitrogen and oxygen atoms in total. The summed E-state index contributed by atoms with van der Waals surface area (Å²) in [6.45, 7) is 6.19. The fraction of sp³-hybridized carbons (Fsp3) is 0.292. The fourth-order valence-corrected chi connectivity index (χ4v) is 4.07. The van der Waals surface area contributed by atoms with Crippen molar-refractivity contribution < 1.29 is 23.0 Å². The average Bonchev–Trinajstić information content (AvgIpc) is 3.25. The van der Waals surface area contributed by atoms with E-state index in [-0.39, 0.29) is 18.2 Å². The first-order valence-corrected chi connectivity index (χ1v) is 10.8. The molecule has 1 amide bonds. The van der Waals surface area contributed by atoms with Gasteiger partial charge in [0.25, 0.3) is 5.91 Å². The van der Waals surface area contributed by atoms with E-state index in [2.05, 4.69) is 27.3 Å². The third-order valence-electron chi connectivity index (χ3n) is 5.79. The molecule has 1 atom stereocenters. The van der Waals surface area contributed by atoms with Crippen molar-refractivity contribution in [2.45, 2.75) is 26.1 Å². The van der Waals surface area contributed by atoms with Gasteiger partial charge in [-0.1, -0.05) is 6.58 Å². The number of hydrogen-bond acceptors (Lipinski definition) is 7. The van der Waals surface area contributed by atoms with Gasteiger partial charge in [0.15, 0.2) is 17.6 Å². The Balaban J connectivity index is 1.49. The third-order valence-corrected chi connectivity index (χ3v) is 5.79. The second kappa shape index (κ2) is 9.61. The first-order chi connectivity index (χ1) is 16.7. The van der Waals surface area contributed by atoms with Crippen molar-refractivity contribution in [3.05, 3.63) is 71.4 Å². The van der Waals surface area contributed by atoms with Gasteiger partial charge >= 0.3 is 0 Å². The Morgan fingerprint density at radius 1 is 1.29 bits per heavy atom. The quantitative estimate of drug-likeness (QED) is 0.473.